The van der Waals surface area contributed by atoms with Gasteiger partial charge in [0.15, 0.2) is 0 Å². The summed E-state index contributed by atoms with van der Waals surface area (Å²) in [5.41, 5.74) is 0.641. The lowest BCUT2D eigenvalue weighted by molar-refractivity contribution is -0.125. The zero-order valence-corrected chi connectivity index (χ0v) is 17.4. The third-order valence-electron chi connectivity index (χ3n) is 5.33. The topological polar surface area (TPSA) is 52.7 Å². The van der Waals surface area contributed by atoms with Gasteiger partial charge in [-0.2, -0.15) is 0 Å². The van der Waals surface area contributed by atoms with Gasteiger partial charge in [0, 0.05) is 37.0 Å². The average Bonchev–Trinajstić information content (AvgIpc) is 3.10. The normalized spacial score (nSPS) is 27.4. The summed E-state index contributed by atoms with van der Waals surface area (Å²) in [5.74, 6) is 2.56. The molecule has 6 heteroatoms. The molecule has 2 saturated heterocycles. The molecule has 3 rings (SSSR count). The largest absolute Gasteiger partial charge is 0.351 e. The molecule has 148 valence electrons. The summed E-state index contributed by atoms with van der Waals surface area (Å²) in [6, 6.07) is 8.91. The number of hydrogen-bond donors (Lipinski definition) is 1. The molecule has 2 aliphatic rings. The number of carbonyl (C=O) groups excluding carboxylic acids is 2. The molecule has 2 aliphatic heterocycles. The Labute approximate surface area is 166 Å². The van der Waals surface area contributed by atoms with E-state index in [-0.39, 0.29) is 23.9 Å². The van der Waals surface area contributed by atoms with E-state index in [9.17, 15) is 9.59 Å². The maximum Gasteiger partial charge on any atom is 0.255 e. The molecule has 2 heterocycles. The quantitative estimate of drug-likeness (QED) is 0.841. The number of nitrogens with zero attached hydrogens (tertiary/aromatic N) is 2. The van der Waals surface area contributed by atoms with Crippen molar-refractivity contribution in [1.29, 1.82) is 0 Å². The Morgan fingerprint density at radius 3 is 2.52 bits per heavy atom. The van der Waals surface area contributed by atoms with Gasteiger partial charge in [-0.25, -0.2) is 0 Å². The highest BCUT2D eigenvalue weighted by Gasteiger charge is 2.35. The molecule has 1 aromatic carbocycles. The van der Waals surface area contributed by atoms with Crippen LogP contribution in [0, 0.1) is 11.8 Å². The van der Waals surface area contributed by atoms with Crippen molar-refractivity contribution in [3.63, 3.8) is 0 Å². The van der Waals surface area contributed by atoms with Gasteiger partial charge in [-0.1, -0.05) is 32.0 Å². The molecule has 27 heavy (non-hydrogen) atoms. The van der Waals surface area contributed by atoms with E-state index >= 15 is 0 Å². The van der Waals surface area contributed by atoms with Crippen LogP contribution in [0.3, 0.4) is 0 Å². The summed E-state index contributed by atoms with van der Waals surface area (Å²) in [6.07, 6.45) is 1.28. The minimum Gasteiger partial charge on any atom is -0.351 e. The Morgan fingerprint density at radius 2 is 1.85 bits per heavy atom. The van der Waals surface area contributed by atoms with Crippen LogP contribution in [-0.2, 0) is 4.79 Å². The van der Waals surface area contributed by atoms with Gasteiger partial charge in [0.2, 0.25) is 5.91 Å². The fourth-order valence-corrected chi connectivity index (χ4v) is 5.47. The van der Waals surface area contributed by atoms with Gasteiger partial charge in [-0.3, -0.25) is 9.59 Å². The van der Waals surface area contributed by atoms with Crippen LogP contribution in [0.15, 0.2) is 30.3 Å². The first-order valence-corrected chi connectivity index (χ1v) is 11.1. The van der Waals surface area contributed by atoms with E-state index in [0.717, 1.165) is 19.6 Å². The summed E-state index contributed by atoms with van der Waals surface area (Å²) >= 11 is 1.64. The number of hydrogen-bond acceptors (Lipinski definition) is 4. The van der Waals surface area contributed by atoms with Crippen LogP contribution in [-0.4, -0.2) is 65.0 Å². The summed E-state index contributed by atoms with van der Waals surface area (Å²) in [5, 5.41) is 3.15. The zero-order chi connectivity index (χ0) is 19.4. The molecule has 2 fully saturated rings. The highest BCUT2D eigenvalue weighted by molar-refractivity contribution is 7.99. The van der Waals surface area contributed by atoms with Crippen LogP contribution >= 0.6 is 11.8 Å². The number of amides is 2. The predicted molar refractivity (Wildman–Crippen MR) is 111 cm³/mol. The van der Waals surface area contributed by atoms with Gasteiger partial charge < -0.3 is 15.1 Å². The van der Waals surface area contributed by atoms with Crippen molar-refractivity contribution in [3.05, 3.63) is 35.9 Å². The number of thioether (sulfide) groups is 1. The highest BCUT2D eigenvalue weighted by Crippen LogP contribution is 2.24. The number of likely N-dealkylation sites (tertiary alicyclic amines) is 1. The summed E-state index contributed by atoms with van der Waals surface area (Å²) in [4.78, 5) is 29.8. The lowest BCUT2D eigenvalue weighted by Gasteiger charge is -2.36. The van der Waals surface area contributed by atoms with Crippen molar-refractivity contribution in [1.82, 2.24) is 15.1 Å². The summed E-state index contributed by atoms with van der Waals surface area (Å²) in [7, 11) is 0. The van der Waals surface area contributed by atoms with E-state index in [1.54, 1.807) is 16.7 Å². The first kappa shape index (κ1) is 20.2. The fraction of sp³-hybridized carbons (Fsp3) is 0.619. The molecule has 4 atom stereocenters. The van der Waals surface area contributed by atoms with Gasteiger partial charge in [0.25, 0.3) is 5.91 Å². The Hall–Kier alpha value is -1.53. The molecule has 0 radical (unpaired) electrons. The minimum atomic E-state index is -0.385. The monoisotopic (exact) mass is 389 g/mol. The summed E-state index contributed by atoms with van der Waals surface area (Å²) < 4.78 is 0. The van der Waals surface area contributed by atoms with Crippen molar-refractivity contribution >= 4 is 23.6 Å². The fourth-order valence-electron chi connectivity index (χ4n) is 4.32. The Balaban J connectivity index is 1.55. The van der Waals surface area contributed by atoms with Gasteiger partial charge >= 0.3 is 0 Å². The third-order valence-corrected chi connectivity index (χ3v) is 6.34. The molecule has 0 unspecified atom stereocenters. The maximum absolute atomic E-state index is 12.8. The molecule has 0 bridgehead atoms. The molecule has 0 aliphatic carbocycles. The number of carbonyl (C=O) groups is 2. The number of rotatable bonds is 5. The van der Waals surface area contributed by atoms with E-state index < -0.39 is 0 Å². The van der Waals surface area contributed by atoms with Crippen molar-refractivity contribution in [2.45, 2.75) is 39.3 Å². The maximum atomic E-state index is 12.8. The lowest BCUT2D eigenvalue weighted by atomic mass is 9.92. The van der Waals surface area contributed by atoms with E-state index in [1.165, 1.54) is 6.42 Å². The van der Waals surface area contributed by atoms with Crippen LogP contribution < -0.4 is 5.32 Å². The molecule has 1 N–H and O–H groups in total. The van der Waals surface area contributed by atoms with Crippen molar-refractivity contribution in [2.24, 2.45) is 11.8 Å². The lowest BCUT2D eigenvalue weighted by Crippen LogP contribution is -2.52. The van der Waals surface area contributed by atoms with Crippen LogP contribution in [0.25, 0.3) is 0 Å². The first-order valence-electron chi connectivity index (χ1n) is 9.90. The van der Waals surface area contributed by atoms with Crippen LogP contribution in [0.5, 0.6) is 0 Å². The van der Waals surface area contributed by atoms with Gasteiger partial charge in [-0.15, -0.1) is 11.8 Å². The summed E-state index contributed by atoms with van der Waals surface area (Å²) in [6.45, 7) is 9.73. The molecular formula is C21H31N3O2S. The Kier molecular flexibility index (Phi) is 6.82. The molecule has 5 nitrogen and oxygen atoms in total. The molecule has 0 aromatic heterocycles. The standard InChI is InChI=1S/C21H31N3O2S/c1-15-9-16(2)11-23(10-15)12-17(3)22-20(25)19-13-27-14-24(19)21(26)18-7-5-4-6-8-18/h4-8,15-17,19H,9-14H2,1-3H3,(H,22,25)/t15-,16+,17-,19-/m1/s1. The second kappa shape index (κ2) is 9.11. The molecular weight excluding hydrogens is 358 g/mol. The Bertz CT molecular complexity index is 644. The second-order valence-corrected chi connectivity index (χ2v) is 9.23. The third kappa shape index (κ3) is 5.26. The minimum absolute atomic E-state index is 0.0325. The number of piperidine rings is 1. The second-order valence-electron chi connectivity index (χ2n) is 8.23. The van der Waals surface area contributed by atoms with Gasteiger partial charge in [0.05, 0.1) is 5.88 Å². The molecule has 2 amide bonds. The van der Waals surface area contributed by atoms with Gasteiger partial charge in [0.1, 0.15) is 6.04 Å². The predicted octanol–water partition coefficient (Wildman–Crippen LogP) is 2.68. The van der Waals surface area contributed by atoms with Crippen LogP contribution in [0.4, 0.5) is 0 Å². The van der Waals surface area contributed by atoms with Crippen LogP contribution in [0.1, 0.15) is 37.6 Å². The van der Waals surface area contributed by atoms with Crippen molar-refractivity contribution in [3.8, 4) is 0 Å². The molecule has 0 spiro atoms. The molecule has 0 saturated carbocycles. The van der Waals surface area contributed by atoms with Crippen molar-refractivity contribution < 1.29 is 9.59 Å². The van der Waals surface area contributed by atoms with Gasteiger partial charge in [-0.05, 0) is 37.3 Å². The van der Waals surface area contributed by atoms with E-state index in [1.807, 2.05) is 30.3 Å². The highest BCUT2D eigenvalue weighted by atomic mass is 32.2. The average molecular weight is 390 g/mol. The van der Waals surface area contributed by atoms with E-state index in [4.69, 9.17) is 0 Å². The Morgan fingerprint density at radius 1 is 1.19 bits per heavy atom. The zero-order valence-electron chi connectivity index (χ0n) is 16.6. The molecule has 1 aromatic rings. The first-order chi connectivity index (χ1) is 12.9. The van der Waals surface area contributed by atoms with E-state index in [0.29, 0.717) is 29.0 Å². The smallest absolute Gasteiger partial charge is 0.255 e. The van der Waals surface area contributed by atoms with E-state index in [2.05, 4.69) is 31.0 Å². The number of nitrogens with one attached hydrogen (secondary N) is 1. The van der Waals surface area contributed by atoms with Crippen molar-refractivity contribution in [2.75, 3.05) is 31.3 Å². The van der Waals surface area contributed by atoms with Crippen LogP contribution in [0.2, 0.25) is 0 Å². The number of benzene rings is 1. The SMILES string of the molecule is C[C@@H]1C[C@H](C)CN(C[C@@H](C)NC(=O)[C@H]2CSCN2C(=O)c2ccccc2)C1.